The molecule has 2 aliphatic heterocycles. The Morgan fingerprint density at radius 1 is 1.11 bits per heavy atom. The fourth-order valence-electron chi connectivity index (χ4n) is 4.85. The zero-order valence-electron chi connectivity index (χ0n) is 20.7. The van der Waals surface area contributed by atoms with Gasteiger partial charge in [-0.05, 0) is 41.4 Å². The van der Waals surface area contributed by atoms with E-state index in [0.29, 0.717) is 19.5 Å². The Hall–Kier alpha value is -1.95. The van der Waals surface area contributed by atoms with Crippen LogP contribution in [-0.2, 0) is 16.1 Å². The van der Waals surface area contributed by atoms with Crippen molar-refractivity contribution in [2.24, 2.45) is 0 Å². The smallest absolute Gasteiger partial charge is 0.334 e. The van der Waals surface area contributed by atoms with Crippen molar-refractivity contribution >= 4 is 40.4 Å². The van der Waals surface area contributed by atoms with Crippen LogP contribution in [0.4, 0.5) is 9.18 Å². The van der Waals surface area contributed by atoms with Crippen molar-refractivity contribution in [1.82, 2.24) is 25.1 Å². The molecule has 4 amide bonds. The predicted octanol–water partition coefficient (Wildman–Crippen LogP) is 3.75. The van der Waals surface area contributed by atoms with Crippen molar-refractivity contribution in [2.45, 2.75) is 70.6 Å². The summed E-state index contributed by atoms with van der Waals surface area (Å²) in [6, 6.07) is 5.08. The fraction of sp³-hybridized carbons (Fsp3) is 0.640. The van der Waals surface area contributed by atoms with Crippen LogP contribution in [0, 0.1) is 5.82 Å². The zero-order chi connectivity index (χ0) is 25.4. The van der Waals surface area contributed by atoms with Gasteiger partial charge in [-0.25, -0.2) is 19.2 Å². The Bertz CT molecular complexity index is 871. The number of hydrogen-bond donors (Lipinski definition) is 1. The number of nitrogens with one attached hydrogen (secondary N) is 1. The molecule has 1 aromatic rings. The van der Waals surface area contributed by atoms with Crippen molar-refractivity contribution < 1.29 is 18.8 Å². The quantitative estimate of drug-likeness (QED) is 0.238. The van der Waals surface area contributed by atoms with E-state index in [1.165, 1.54) is 29.4 Å². The molecule has 1 N–H and O–H groups in total. The van der Waals surface area contributed by atoms with Gasteiger partial charge in [-0.15, -0.1) is 0 Å². The van der Waals surface area contributed by atoms with Crippen LogP contribution < -0.4 is 5.32 Å². The van der Waals surface area contributed by atoms with Crippen molar-refractivity contribution in [3.63, 3.8) is 0 Å². The Kier molecular flexibility index (Phi) is 10.6. The summed E-state index contributed by atoms with van der Waals surface area (Å²) in [5, 5.41) is 6.08. The number of likely N-dealkylation sites (N-methyl/N-ethyl adjacent to an activating group) is 1. The maximum atomic E-state index is 13.3. The highest BCUT2D eigenvalue weighted by Gasteiger charge is 2.50. The monoisotopic (exact) mass is 601 g/mol. The van der Waals surface area contributed by atoms with E-state index in [0.717, 1.165) is 31.2 Å². The molecule has 8 nitrogen and oxygen atoms in total. The molecule has 0 radical (unpaired) electrons. The van der Waals surface area contributed by atoms with E-state index in [9.17, 15) is 18.8 Å². The molecule has 0 bridgehead atoms. The molecular formula is C25H37FIN5O3. The largest absolute Gasteiger partial charge is 0.337 e. The van der Waals surface area contributed by atoms with Gasteiger partial charge in [0, 0.05) is 20.1 Å². The maximum Gasteiger partial charge on any atom is 0.334 e. The molecule has 0 spiro atoms. The van der Waals surface area contributed by atoms with Gasteiger partial charge in [0.15, 0.2) is 0 Å². The van der Waals surface area contributed by atoms with Crippen LogP contribution in [-0.4, -0.2) is 81.0 Å². The summed E-state index contributed by atoms with van der Waals surface area (Å²) in [4.78, 5) is 43.1. The summed E-state index contributed by atoms with van der Waals surface area (Å²) in [7, 11) is 1.72. The summed E-state index contributed by atoms with van der Waals surface area (Å²) in [5.74, 6) is -0.478. The van der Waals surface area contributed by atoms with E-state index < -0.39 is 12.2 Å². The number of rotatable bonds is 11. The molecule has 2 atom stereocenters. The highest BCUT2D eigenvalue weighted by molar-refractivity contribution is 14.1. The Morgan fingerprint density at radius 2 is 1.80 bits per heavy atom. The Balaban J connectivity index is 1.72. The molecular weight excluding hydrogens is 564 g/mol. The van der Waals surface area contributed by atoms with Gasteiger partial charge in [0.1, 0.15) is 18.0 Å². The highest BCUT2D eigenvalue weighted by atomic mass is 127. The molecule has 1 aromatic carbocycles. The molecule has 2 aliphatic rings. The van der Waals surface area contributed by atoms with Crippen molar-refractivity contribution in [3.05, 3.63) is 35.6 Å². The lowest BCUT2D eigenvalue weighted by molar-refractivity contribution is -0.187. The predicted molar refractivity (Wildman–Crippen MR) is 141 cm³/mol. The number of piperazine rings is 1. The third-order valence-electron chi connectivity index (χ3n) is 6.63. The van der Waals surface area contributed by atoms with E-state index in [1.807, 2.05) is 11.8 Å². The molecule has 0 aliphatic carbocycles. The van der Waals surface area contributed by atoms with Gasteiger partial charge in [0.2, 0.25) is 11.8 Å². The molecule has 0 unspecified atom stereocenters. The lowest BCUT2D eigenvalue weighted by Crippen LogP contribution is -2.75. The van der Waals surface area contributed by atoms with Crippen LogP contribution in [0.15, 0.2) is 24.3 Å². The Morgan fingerprint density at radius 3 is 2.49 bits per heavy atom. The first-order chi connectivity index (χ1) is 16.9. The maximum absolute atomic E-state index is 13.3. The highest BCUT2D eigenvalue weighted by Crippen LogP contribution is 2.28. The van der Waals surface area contributed by atoms with Crippen molar-refractivity contribution in [3.8, 4) is 0 Å². The summed E-state index contributed by atoms with van der Waals surface area (Å²) >= 11 is 2.39. The average molecular weight is 602 g/mol. The second kappa shape index (κ2) is 13.4. The number of hydrazine groups is 1. The van der Waals surface area contributed by atoms with Gasteiger partial charge in [0.25, 0.3) is 0 Å². The number of fused-ring (bicyclic) bond motifs is 1. The number of carbonyl (C=O) groups is 3. The SMILES string of the molecule is CCC[C@H]1C(=O)N(CCCCCCCI)C[C@H]2N1C(=O)CN(C)N2C(=O)NCc1ccc(F)cc1. The summed E-state index contributed by atoms with van der Waals surface area (Å²) in [6.07, 6.45) is 6.33. The first-order valence-electron chi connectivity index (χ1n) is 12.6. The number of benzene rings is 1. The lowest BCUT2D eigenvalue weighted by atomic mass is 10.0. The van der Waals surface area contributed by atoms with E-state index in [1.54, 1.807) is 34.1 Å². The fourth-order valence-corrected chi connectivity index (χ4v) is 5.38. The van der Waals surface area contributed by atoms with Gasteiger partial charge in [-0.1, -0.05) is 67.3 Å². The van der Waals surface area contributed by atoms with Gasteiger partial charge < -0.3 is 15.1 Å². The van der Waals surface area contributed by atoms with E-state index in [-0.39, 0.29) is 36.8 Å². The number of carbonyl (C=O) groups excluding carboxylic acids is 3. The number of amides is 4. The molecule has 10 heteroatoms. The van der Waals surface area contributed by atoms with E-state index in [2.05, 4.69) is 27.9 Å². The molecule has 2 saturated heterocycles. The number of unbranched alkanes of at least 4 members (excludes halogenated alkanes) is 4. The summed E-state index contributed by atoms with van der Waals surface area (Å²) in [6.45, 7) is 3.21. The van der Waals surface area contributed by atoms with Crippen LogP contribution in [0.1, 0.15) is 57.4 Å². The third-order valence-corrected chi connectivity index (χ3v) is 7.39. The molecule has 2 heterocycles. The van der Waals surface area contributed by atoms with E-state index in [4.69, 9.17) is 0 Å². The second-order valence-electron chi connectivity index (χ2n) is 9.27. The lowest BCUT2D eigenvalue weighted by Gasteiger charge is -2.54. The number of alkyl halides is 1. The molecule has 194 valence electrons. The standard InChI is InChI=1S/C25H37FIN5O3/c1-3-9-21-24(34)30(15-8-6-4-5-7-14-27)17-22-31(21)23(33)18-29(2)32(22)25(35)28-16-19-10-12-20(26)13-11-19/h10-13,21-22H,3-9,14-18H2,1-2H3,(H,28,35)/t21-,22-/m0/s1. The van der Waals surface area contributed by atoms with E-state index >= 15 is 0 Å². The van der Waals surface area contributed by atoms with Crippen LogP contribution in [0.25, 0.3) is 0 Å². The minimum Gasteiger partial charge on any atom is -0.337 e. The van der Waals surface area contributed by atoms with Gasteiger partial charge in [-0.3, -0.25) is 9.59 Å². The third kappa shape index (κ3) is 7.05. The average Bonchev–Trinajstić information content (AvgIpc) is 2.83. The molecule has 2 fully saturated rings. The minimum atomic E-state index is -0.553. The number of hydrogen-bond acceptors (Lipinski definition) is 4. The van der Waals surface area contributed by atoms with Crippen LogP contribution >= 0.6 is 22.6 Å². The second-order valence-corrected chi connectivity index (χ2v) is 10.4. The first-order valence-corrected chi connectivity index (χ1v) is 14.1. The Labute approximate surface area is 221 Å². The van der Waals surface area contributed by atoms with Crippen LogP contribution in [0.5, 0.6) is 0 Å². The van der Waals surface area contributed by atoms with Gasteiger partial charge in [-0.2, -0.15) is 0 Å². The number of nitrogens with zero attached hydrogens (tertiary/aromatic N) is 4. The first kappa shape index (κ1) is 27.6. The molecule has 0 aromatic heterocycles. The van der Waals surface area contributed by atoms with Crippen molar-refractivity contribution in [1.29, 1.82) is 0 Å². The summed E-state index contributed by atoms with van der Waals surface area (Å²) in [5.41, 5.74) is 0.777. The molecule has 3 rings (SSSR count). The molecule has 0 saturated carbocycles. The number of urea groups is 1. The van der Waals surface area contributed by atoms with Crippen LogP contribution in [0.2, 0.25) is 0 Å². The zero-order valence-corrected chi connectivity index (χ0v) is 22.9. The van der Waals surface area contributed by atoms with Crippen molar-refractivity contribution in [2.75, 3.05) is 31.1 Å². The minimum absolute atomic E-state index is 0.0139. The van der Waals surface area contributed by atoms with Crippen LogP contribution in [0.3, 0.4) is 0 Å². The normalized spacial score (nSPS) is 20.9. The summed E-state index contributed by atoms with van der Waals surface area (Å²) < 4.78 is 14.4. The molecule has 35 heavy (non-hydrogen) atoms. The van der Waals surface area contributed by atoms with Gasteiger partial charge in [0.05, 0.1) is 13.1 Å². The topological polar surface area (TPSA) is 76.2 Å². The van der Waals surface area contributed by atoms with Gasteiger partial charge >= 0.3 is 6.03 Å². The number of halogens is 2.